The molecule has 0 aliphatic carbocycles. The second-order valence-corrected chi connectivity index (χ2v) is 9.80. The van der Waals surface area contributed by atoms with Crippen molar-refractivity contribution in [2.75, 3.05) is 32.8 Å². The fourth-order valence-corrected chi connectivity index (χ4v) is 5.02. The molecule has 1 saturated heterocycles. The number of nitrogens with one attached hydrogen (secondary N) is 1. The van der Waals surface area contributed by atoms with Gasteiger partial charge in [0.05, 0.1) is 19.1 Å². The van der Waals surface area contributed by atoms with Crippen LogP contribution in [0.1, 0.15) is 42.0 Å². The smallest absolute Gasteiger partial charge is 0.306 e. The minimum Gasteiger partial charge on any atom is -0.466 e. The summed E-state index contributed by atoms with van der Waals surface area (Å²) in [5.74, 6) is -0.620. The highest BCUT2D eigenvalue weighted by Gasteiger charge is 2.27. The molecule has 0 unspecified atom stereocenters. The van der Waals surface area contributed by atoms with Crippen LogP contribution in [-0.4, -0.2) is 59.6 Å². The Morgan fingerprint density at radius 3 is 1.92 bits per heavy atom. The summed E-state index contributed by atoms with van der Waals surface area (Å²) in [4.78, 5) is 28.9. The van der Waals surface area contributed by atoms with Crippen molar-refractivity contribution in [1.29, 1.82) is 0 Å². The maximum absolute atomic E-state index is 12.4. The molecule has 6 nitrogen and oxygen atoms in total. The van der Waals surface area contributed by atoms with Gasteiger partial charge in [0.25, 0.3) is 0 Å². The molecule has 0 radical (unpaired) electrons. The van der Waals surface area contributed by atoms with Crippen molar-refractivity contribution in [1.82, 2.24) is 15.1 Å². The van der Waals surface area contributed by atoms with Crippen molar-refractivity contribution in [2.45, 2.75) is 31.7 Å². The second kappa shape index (κ2) is 14.4. The van der Waals surface area contributed by atoms with Gasteiger partial charge in [-0.3, -0.25) is 14.5 Å². The van der Waals surface area contributed by atoms with E-state index >= 15 is 0 Å². The summed E-state index contributed by atoms with van der Waals surface area (Å²) in [5.41, 5.74) is 3.73. The molecule has 0 aromatic heterocycles. The molecule has 1 aliphatic heterocycles. The lowest BCUT2D eigenvalue weighted by Gasteiger charge is -2.40. The molecule has 198 valence electrons. The van der Waals surface area contributed by atoms with Gasteiger partial charge in [0, 0.05) is 32.6 Å². The minimum atomic E-state index is -0.361. The molecule has 1 N–H and O–H groups in total. The molecule has 0 bridgehead atoms. The molecule has 4 rings (SSSR count). The van der Waals surface area contributed by atoms with Crippen molar-refractivity contribution >= 4 is 29.2 Å². The number of benzene rings is 3. The van der Waals surface area contributed by atoms with Crippen LogP contribution in [0.25, 0.3) is 0 Å². The Morgan fingerprint density at radius 1 is 0.789 bits per heavy atom. The van der Waals surface area contributed by atoms with E-state index in [9.17, 15) is 9.59 Å². The summed E-state index contributed by atoms with van der Waals surface area (Å²) in [5, 5.41) is 3.21. The van der Waals surface area contributed by atoms with Crippen LogP contribution in [0.5, 0.6) is 0 Å². The van der Waals surface area contributed by atoms with Crippen LogP contribution < -0.4 is 5.32 Å². The number of aryl methyl sites for hydroxylation is 1. The van der Waals surface area contributed by atoms with Crippen molar-refractivity contribution in [3.63, 3.8) is 0 Å². The van der Waals surface area contributed by atoms with E-state index in [0.717, 1.165) is 39.0 Å². The molecule has 0 atom stereocenters. The number of hydrogen-bond acceptors (Lipinski definition) is 5. The van der Waals surface area contributed by atoms with Gasteiger partial charge in [0.2, 0.25) is 5.91 Å². The van der Waals surface area contributed by atoms with Gasteiger partial charge in [-0.25, -0.2) is 0 Å². The number of carbonyl (C=O) groups is 2. The monoisotopic (exact) mass is 529 g/mol. The Labute approximate surface area is 230 Å². The Bertz CT molecular complexity index is 1130. The van der Waals surface area contributed by atoms with Gasteiger partial charge in [-0.1, -0.05) is 91.0 Å². The minimum absolute atomic E-state index is 0.0450. The van der Waals surface area contributed by atoms with Crippen LogP contribution in [0.4, 0.5) is 0 Å². The van der Waals surface area contributed by atoms with Crippen molar-refractivity contribution in [3.8, 4) is 0 Å². The third kappa shape index (κ3) is 8.23. The van der Waals surface area contributed by atoms with Gasteiger partial charge >= 0.3 is 5.97 Å². The SMILES string of the molecule is O=C(CCC(=O)OCCCc1ccccc1)NC(=S)N1CCN(C(c2ccccc2)c2ccccc2)CC1. The first-order chi connectivity index (χ1) is 18.6. The predicted octanol–water partition coefficient (Wildman–Crippen LogP) is 4.75. The molecule has 3 aromatic rings. The Hall–Kier alpha value is -3.55. The average molecular weight is 530 g/mol. The number of rotatable bonds is 10. The molecule has 3 aromatic carbocycles. The van der Waals surface area contributed by atoms with E-state index in [1.54, 1.807) is 0 Å². The lowest BCUT2D eigenvalue weighted by molar-refractivity contribution is -0.145. The van der Waals surface area contributed by atoms with E-state index in [0.29, 0.717) is 11.7 Å². The summed E-state index contributed by atoms with van der Waals surface area (Å²) in [7, 11) is 0. The van der Waals surface area contributed by atoms with E-state index in [1.165, 1.54) is 16.7 Å². The number of ether oxygens (including phenoxy) is 1. The van der Waals surface area contributed by atoms with Gasteiger partial charge in [-0.15, -0.1) is 0 Å². The van der Waals surface area contributed by atoms with Gasteiger partial charge in [-0.2, -0.15) is 0 Å². The summed E-state index contributed by atoms with van der Waals surface area (Å²) >= 11 is 5.51. The van der Waals surface area contributed by atoms with Gasteiger partial charge < -0.3 is 15.0 Å². The molecule has 7 heteroatoms. The second-order valence-electron chi connectivity index (χ2n) is 9.41. The van der Waals surface area contributed by atoms with Crippen LogP contribution in [0, 0.1) is 0 Å². The first-order valence-electron chi connectivity index (χ1n) is 13.2. The molecule has 1 amide bonds. The molecule has 38 heavy (non-hydrogen) atoms. The van der Waals surface area contributed by atoms with Crippen molar-refractivity contribution < 1.29 is 14.3 Å². The summed E-state index contributed by atoms with van der Waals surface area (Å²) in [6.07, 6.45) is 1.71. The highest BCUT2D eigenvalue weighted by molar-refractivity contribution is 7.80. The first kappa shape index (κ1) is 27.5. The van der Waals surface area contributed by atoms with Crippen LogP contribution in [0.3, 0.4) is 0 Å². The molecule has 0 spiro atoms. The number of hydrogen-bond donors (Lipinski definition) is 1. The van der Waals surface area contributed by atoms with Gasteiger partial charge in [0.1, 0.15) is 0 Å². The maximum Gasteiger partial charge on any atom is 0.306 e. The average Bonchev–Trinajstić information content (AvgIpc) is 2.96. The standard InChI is InChI=1S/C31H35N3O3S/c35-28(18-19-29(36)37-24-10-13-25-11-4-1-5-12-25)32-31(38)34-22-20-33(21-23-34)30(26-14-6-2-7-15-26)27-16-8-3-9-17-27/h1-9,11-12,14-17,30H,10,13,18-24H2,(H,32,35,38). The van der Waals surface area contributed by atoms with Crippen molar-refractivity contribution in [2.24, 2.45) is 0 Å². The third-order valence-corrected chi connectivity index (χ3v) is 7.08. The molecule has 1 fully saturated rings. The van der Waals surface area contributed by atoms with E-state index < -0.39 is 0 Å². The lowest BCUT2D eigenvalue weighted by Crippen LogP contribution is -2.53. The number of nitrogens with zero attached hydrogens (tertiary/aromatic N) is 2. The first-order valence-corrected chi connectivity index (χ1v) is 13.6. The Morgan fingerprint density at radius 2 is 1.34 bits per heavy atom. The topological polar surface area (TPSA) is 61.9 Å². The normalized spacial score (nSPS) is 13.8. The summed E-state index contributed by atoms with van der Waals surface area (Å²) in [6.45, 7) is 3.43. The van der Waals surface area contributed by atoms with E-state index in [-0.39, 0.29) is 30.8 Å². The van der Waals surface area contributed by atoms with Crippen LogP contribution >= 0.6 is 12.2 Å². The zero-order valence-corrected chi connectivity index (χ0v) is 22.4. The summed E-state index contributed by atoms with van der Waals surface area (Å²) in [6, 6.07) is 31.3. The molecule has 1 aliphatic rings. The molecule has 0 saturated carbocycles. The highest BCUT2D eigenvalue weighted by Crippen LogP contribution is 2.29. The number of thiocarbonyl (C=S) groups is 1. The van der Waals surface area contributed by atoms with E-state index in [2.05, 4.69) is 70.9 Å². The van der Waals surface area contributed by atoms with E-state index in [1.807, 2.05) is 35.2 Å². The quantitative estimate of drug-likeness (QED) is 0.232. The molecular formula is C31H35N3O3S. The number of carbonyl (C=O) groups excluding carboxylic acids is 2. The molecular weight excluding hydrogens is 494 g/mol. The zero-order valence-electron chi connectivity index (χ0n) is 21.6. The third-order valence-electron chi connectivity index (χ3n) is 6.72. The fourth-order valence-electron chi connectivity index (χ4n) is 4.72. The lowest BCUT2D eigenvalue weighted by atomic mass is 9.96. The van der Waals surface area contributed by atoms with Crippen LogP contribution in [0.2, 0.25) is 0 Å². The highest BCUT2D eigenvalue weighted by atomic mass is 32.1. The summed E-state index contributed by atoms with van der Waals surface area (Å²) < 4.78 is 5.27. The largest absolute Gasteiger partial charge is 0.466 e. The van der Waals surface area contributed by atoms with Crippen LogP contribution in [-0.2, 0) is 20.7 Å². The Balaban J connectivity index is 1.18. The predicted molar refractivity (Wildman–Crippen MR) is 154 cm³/mol. The van der Waals surface area contributed by atoms with Gasteiger partial charge in [0.15, 0.2) is 5.11 Å². The van der Waals surface area contributed by atoms with Gasteiger partial charge in [-0.05, 0) is 41.7 Å². The van der Waals surface area contributed by atoms with Crippen molar-refractivity contribution in [3.05, 3.63) is 108 Å². The number of esters is 1. The maximum atomic E-state index is 12.4. The van der Waals surface area contributed by atoms with Crippen LogP contribution in [0.15, 0.2) is 91.0 Å². The van der Waals surface area contributed by atoms with E-state index in [4.69, 9.17) is 17.0 Å². The molecule has 1 heterocycles. The Kier molecular flexibility index (Phi) is 10.4. The zero-order chi connectivity index (χ0) is 26.6. The fraction of sp³-hybridized carbons (Fsp3) is 0.323. The number of amides is 1. The number of piperazine rings is 1.